The number of alkyl halides is 3. The summed E-state index contributed by atoms with van der Waals surface area (Å²) >= 11 is 0. The molecule has 1 aliphatic heterocycles. The highest BCUT2D eigenvalue weighted by Gasteiger charge is 2.31. The summed E-state index contributed by atoms with van der Waals surface area (Å²) in [5.74, 6) is 1.37. The van der Waals surface area contributed by atoms with Gasteiger partial charge in [0.2, 0.25) is 0 Å². The lowest BCUT2D eigenvalue weighted by molar-refractivity contribution is -0.274. The van der Waals surface area contributed by atoms with Crippen LogP contribution in [0.5, 0.6) is 5.75 Å². The zero-order valence-electron chi connectivity index (χ0n) is 24.9. The predicted molar refractivity (Wildman–Crippen MR) is 166 cm³/mol. The quantitative estimate of drug-likeness (QED) is 0.200. The molecule has 1 unspecified atom stereocenters. The number of hydrogen-bond donors (Lipinski definition) is 2. The van der Waals surface area contributed by atoms with Crippen molar-refractivity contribution >= 4 is 16.7 Å². The van der Waals surface area contributed by atoms with Gasteiger partial charge in [-0.1, -0.05) is 74.9 Å². The summed E-state index contributed by atoms with van der Waals surface area (Å²) in [6, 6.07) is 24.1. The van der Waals surface area contributed by atoms with E-state index in [2.05, 4.69) is 45.8 Å². The van der Waals surface area contributed by atoms with Gasteiger partial charge in [0.25, 0.3) is 0 Å². The fourth-order valence-corrected chi connectivity index (χ4v) is 5.12. The average molecular weight is 595 g/mol. The maximum absolute atomic E-state index is 12.7. The van der Waals surface area contributed by atoms with E-state index in [0.29, 0.717) is 13.1 Å². The first-order valence-corrected chi connectivity index (χ1v) is 14.9. The van der Waals surface area contributed by atoms with Gasteiger partial charge in [0, 0.05) is 38.1 Å². The van der Waals surface area contributed by atoms with Gasteiger partial charge in [0.15, 0.2) is 0 Å². The molecule has 0 aliphatic carbocycles. The molecule has 0 saturated carbocycles. The number of anilines is 1. The molecule has 0 amide bonds. The van der Waals surface area contributed by atoms with Crippen LogP contribution in [0.1, 0.15) is 49.7 Å². The second-order valence-electron chi connectivity index (χ2n) is 10.5. The minimum absolute atomic E-state index is 0.0847. The Morgan fingerprint density at radius 3 is 2.14 bits per heavy atom. The van der Waals surface area contributed by atoms with Crippen molar-refractivity contribution < 1.29 is 17.9 Å². The fourth-order valence-electron chi connectivity index (χ4n) is 5.12. The number of aromatic nitrogens is 2. The summed E-state index contributed by atoms with van der Waals surface area (Å²) in [7, 11) is 0. The molecular weight excluding hydrogens is 553 g/mol. The van der Waals surface area contributed by atoms with E-state index in [1.807, 2.05) is 42.5 Å². The van der Waals surface area contributed by atoms with Gasteiger partial charge in [0.05, 0.1) is 18.1 Å². The SMILES string of the molecule is CCC.NCCCNc1nc(CN2CCN(C(c3ccccc3)c3ccc(OC(F)(F)F)cc3)CC2)nc2ccccc12. The largest absolute Gasteiger partial charge is 0.573 e. The summed E-state index contributed by atoms with van der Waals surface area (Å²) in [5.41, 5.74) is 8.58. The minimum Gasteiger partial charge on any atom is -0.406 e. The van der Waals surface area contributed by atoms with Gasteiger partial charge in [-0.05, 0) is 48.4 Å². The summed E-state index contributed by atoms with van der Waals surface area (Å²) in [6.07, 6.45) is -2.61. The van der Waals surface area contributed by atoms with E-state index in [1.165, 1.54) is 18.6 Å². The smallest absolute Gasteiger partial charge is 0.406 e. The molecule has 4 aromatic rings. The van der Waals surface area contributed by atoms with Gasteiger partial charge >= 0.3 is 6.36 Å². The third kappa shape index (κ3) is 9.38. The molecule has 1 atom stereocenters. The number of benzene rings is 3. The van der Waals surface area contributed by atoms with Crippen LogP contribution in [0.15, 0.2) is 78.9 Å². The standard InChI is InChI=1S/C30H33F3N6O.C3H8/c31-30(32,33)40-24-13-11-23(12-14-24)28(22-7-2-1-3-8-22)39-19-17-38(18-20-39)21-27-36-26-10-5-4-9-25(26)29(37-27)35-16-6-15-34;1-3-2/h1-5,7-14,28H,6,15-21,34H2,(H,35,36,37);3H2,1-2H3. The fraction of sp³-hybridized carbons (Fsp3) is 0.394. The molecule has 43 heavy (non-hydrogen) atoms. The molecule has 0 radical (unpaired) electrons. The second-order valence-corrected chi connectivity index (χ2v) is 10.5. The van der Waals surface area contributed by atoms with Crippen LogP contribution in [0.2, 0.25) is 0 Å². The Labute approximate surface area is 251 Å². The Kier molecular flexibility index (Phi) is 11.7. The number of fused-ring (bicyclic) bond motifs is 1. The van der Waals surface area contributed by atoms with E-state index in [9.17, 15) is 13.2 Å². The molecular formula is C33H41F3N6O. The lowest BCUT2D eigenvalue weighted by Crippen LogP contribution is -2.47. The molecule has 7 nitrogen and oxygen atoms in total. The zero-order valence-corrected chi connectivity index (χ0v) is 24.9. The van der Waals surface area contributed by atoms with Gasteiger partial charge in [0.1, 0.15) is 17.4 Å². The van der Waals surface area contributed by atoms with Crippen LogP contribution in [0.25, 0.3) is 10.9 Å². The number of nitrogens with two attached hydrogens (primary N) is 1. The molecule has 2 heterocycles. The van der Waals surface area contributed by atoms with E-state index >= 15 is 0 Å². The summed E-state index contributed by atoms with van der Waals surface area (Å²) in [4.78, 5) is 14.4. The van der Waals surface area contributed by atoms with Crippen molar-refractivity contribution in [1.29, 1.82) is 0 Å². The van der Waals surface area contributed by atoms with Crippen LogP contribution in [-0.2, 0) is 6.54 Å². The van der Waals surface area contributed by atoms with Gasteiger partial charge in [-0.3, -0.25) is 9.80 Å². The first-order chi connectivity index (χ1) is 20.8. The van der Waals surface area contributed by atoms with Gasteiger partial charge in [-0.15, -0.1) is 13.2 Å². The number of ether oxygens (including phenoxy) is 1. The first-order valence-electron chi connectivity index (χ1n) is 14.9. The van der Waals surface area contributed by atoms with E-state index in [-0.39, 0.29) is 11.8 Å². The number of hydrogen-bond acceptors (Lipinski definition) is 7. The monoisotopic (exact) mass is 594 g/mol. The highest BCUT2D eigenvalue weighted by molar-refractivity contribution is 5.88. The molecule has 10 heteroatoms. The molecule has 230 valence electrons. The van der Waals surface area contributed by atoms with Crippen molar-refractivity contribution in [3.05, 3.63) is 95.8 Å². The number of nitrogens with one attached hydrogen (secondary N) is 1. The number of para-hydroxylation sites is 1. The topological polar surface area (TPSA) is 79.5 Å². The van der Waals surface area contributed by atoms with Crippen molar-refractivity contribution in [1.82, 2.24) is 19.8 Å². The summed E-state index contributed by atoms with van der Waals surface area (Å²) < 4.78 is 42.1. The minimum atomic E-state index is -4.72. The molecule has 5 rings (SSSR count). The second kappa shape index (κ2) is 15.7. The van der Waals surface area contributed by atoms with Gasteiger partial charge in [-0.25, -0.2) is 9.97 Å². The van der Waals surface area contributed by atoms with Crippen LogP contribution < -0.4 is 15.8 Å². The zero-order chi connectivity index (χ0) is 30.7. The Morgan fingerprint density at radius 1 is 0.860 bits per heavy atom. The maximum Gasteiger partial charge on any atom is 0.573 e. The first kappa shape index (κ1) is 32.2. The number of rotatable bonds is 10. The Hall–Kier alpha value is -3.73. The van der Waals surface area contributed by atoms with Crippen LogP contribution >= 0.6 is 0 Å². The van der Waals surface area contributed by atoms with Crippen LogP contribution in [-0.4, -0.2) is 65.4 Å². The van der Waals surface area contributed by atoms with Crippen LogP contribution in [0, 0.1) is 0 Å². The van der Waals surface area contributed by atoms with Crippen LogP contribution in [0.3, 0.4) is 0 Å². The van der Waals surface area contributed by atoms with Gasteiger partial charge in [-0.2, -0.15) is 0 Å². The third-order valence-corrected chi connectivity index (χ3v) is 7.00. The van der Waals surface area contributed by atoms with Gasteiger partial charge < -0.3 is 15.8 Å². The summed E-state index contributed by atoms with van der Waals surface area (Å²) in [5, 5.41) is 4.40. The van der Waals surface area contributed by atoms with Crippen molar-refractivity contribution in [3.63, 3.8) is 0 Å². The highest BCUT2D eigenvalue weighted by atomic mass is 19.4. The third-order valence-electron chi connectivity index (χ3n) is 7.00. The lowest BCUT2D eigenvalue weighted by Gasteiger charge is -2.39. The molecule has 1 aliphatic rings. The normalized spacial score (nSPS) is 15.0. The molecule has 1 aromatic heterocycles. The highest BCUT2D eigenvalue weighted by Crippen LogP contribution is 2.32. The number of piperazine rings is 1. The molecule has 1 saturated heterocycles. The molecule has 1 fully saturated rings. The molecule has 0 bridgehead atoms. The van der Waals surface area contributed by atoms with Crippen LogP contribution in [0.4, 0.5) is 19.0 Å². The number of nitrogens with zero attached hydrogens (tertiary/aromatic N) is 4. The van der Waals surface area contributed by atoms with Crippen molar-refractivity contribution in [2.24, 2.45) is 5.73 Å². The predicted octanol–water partition coefficient (Wildman–Crippen LogP) is 6.61. The van der Waals surface area contributed by atoms with E-state index in [0.717, 1.165) is 72.8 Å². The Morgan fingerprint density at radius 2 is 1.49 bits per heavy atom. The Balaban J connectivity index is 0.00000135. The lowest BCUT2D eigenvalue weighted by atomic mass is 9.96. The van der Waals surface area contributed by atoms with Crippen molar-refractivity contribution in [2.75, 3.05) is 44.6 Å². The van der Waals surface area contributed by atoms with Crippen molar-refractivity contribution in [2.45, 2.75) is 45.6 Å². The van der Waals surface area contributed by atoms with Crippen molar-refractivity contribution in [3.8, 4) is 5.75 Å². The Bertz CT molecular complexity index is 1390. The summed E-state index contributed by atoms with van der Waals surface area (Å²) in [6.45, 7) is 9.44. The molecule has 0 spiro atoms. The average Bonchev–Trinajstić information content (AvgIpc) is 2.99. The molecule has 3 aromatic carbocycles. The van der Waals surface area contributed by atoms with E-state index < -0.39 is 6.36 Å². The maximum atomic E-state index is 12.7. The molecule has 3 N–H and O–H groups in total. The van der Waals surface area contributed by atoms with E-state index in [1.54, 1.807) is 12.1 Å². The number of halogens is 3. The van der Waals surface area contributed by atoms with E-state index in [4.69, 9.17) is 15.7 Å².